The van der Waals surface area contributed by atoms with E-state index >= 15 is 0 Å². The molecule has 1 amide bonds. The zero-order valence-electron chi connectivity index (χ0n) is 14.8. The van der Waals surface area contributed by atoms with Crippen LogP contribution in [0.3, 0.4) is 0 Å². The Hall–Kier alpha value is -2.86. The van der Waals surface area contributed by atoms with Gasteiger partial charge in [0.1, 0.15) is 18.1 Å². The molecule has 0 unspecified atom stereocenters. The van der Waals surface area contributed by atoms with E-state index in [1.54, 1.807) is 0 Å². The highest BCUT2D eigenvalue weighted by Gasteiger charge is 2.13. The highest BCUT2D eigenvalue weighted by Crippen LogP contribution is 2.19. The molecule has 0 fully saturated rings. The molecule has 0 spiro atoms. The lowest BCUT2D eigenvalue weighted by Gasteiger charge is -2.10. The summed E-state index contributed by atoms with van der Waals surface area (Å²) in [5.41, 5.74) is 2.50. The number of imidazole rings is 1. The number of amides is 1. The lowest BCUT2D eigenvalue weighted by atomic mass is 10.3. The van der Waals surface area contributed by atoms with Gasteiger partial charge in [0, 0.05) is 18.7 Å². The van der Waals surface area contributed by atoms with Crippen molar-refractivity contribution in [3.63, 3.8) is 0 Å². The molecule has 2 aromatic carbocycles. The van der Waals surface area contributed by atoms with Crippen LogP contribution < -0.4 is 10.1 Å². The number of aliphatic hydroxyl groups excluding tert-OH is 1. The molecule has 1 aromatic heterocycles. The van der Waals surface area contributed by atoms with E-state index in [2.05, 4.69) is 10.3 Å². The number of carbonyl (C=O) groups excluding carboxylic acids is 1. The van der Waals surface area contributed by atoms with Gasteiger partial charge in [-0.05, 0) is 49.7 Å². The number of aryl methyl sites for hydroxylation is 1. The minimum atomic E-state index is -0.123. The molecule has 26 heavy (non-hydrogen) atoms. The zero-order valence-corrected chi connectivity index (χ0v) is 14.8. The van der Waals surface area contributed by atoms with Crippen LogP contribution in [0, 0.1) is 0 Å². The molecule has 0 saturated heterocycles. The number of rotatable bonds is 8. The number of hydrogen-bond acceptors (Lipinski definition) is 4. The van der Waals surface area contributed by atoms with Gasteiger partial charge in [-0.3, -0.25) is 4.79 Å². The van der Waals surface area contributed by atoms with Gasteiger partial charge in [0.15, 0.2) is 0 Å². The summed E-state index contributed by atoms with van der Waals surface area (Å²) in [7, 11) is 0. The normalized spacial score (nSPS) is 10.8. The Morgan fingerprint density at radius 2 is 1.96 bits per heavy atom. The number of nitrogens with one attached hydrogen (secondary N) is 1. The van der Waals surface area contributed by atoms with Crippen LogP contribution in [-0.2, 0) is 17.8 Å². The lowest BCUT2D eigenvalue weighted by Crippen LogP contribution is -2.20. The number of hydrogen-bond donors (Lipinski definition) is 2. The third-order valence-corrected chi connectivity index (χ3v) is 4.04. The van der Waals surface area contributed by atoms with Crippen molar-refractivity contribution >= 4 is 22.6 Å². The topological polar surface area (TPSA) is 76.4 Å². The summed E-state index contributed by atoms with van der Waals surface area (Å²) in [6, 6.07) is 15.0. The number of aromatic nitrogens is 2. The Morgan fingerprint density at radius 1 is 1.19 bits per heavy atom. The quantitative estimate of drug-likeness (QED) is 0.653. The molecular formula is C20H23N3O3. The second-order valence-electron chi connectivity index (χ2n) is 5.94. The van der Waals surface area contributed by atoms with Crippen molar-refractivity contribution in [2.75, 3.05) is 18.5 Å². The number of fused-ring (bicyclic) bond motifs is 1. The van der Waals surface area contributed by atoms with Crippen LogP contribution in [0.1, 0.15) is 19.2 Å². The van der Waals surface area contributed by atoms with Crippen molar-refractivity contribution in [1.82, 2.24) is 9.55 Å². The van der Waals surface area contributed by atoms with Gasteiger partial charge in [-0.2, -0.15) is 0 Å². The Bertz CT molecular complexity index is 872. The summed E-state index contributed by atoms with van der Waals surface area (Å²) in [5, 5.41) is 12.0. The molecule has 6 heteroatoms. The van der Waals surface area contributed by atoms with Gasteiger partial charge in [-0.1, -0.05) is 12.1 Å². The van der Waals surface area contributed by atoms with E-state index in [0.717, 1.165) is 28.3 Å². The van der Waals surface area contributed by atoms with Crippen LogP contribution >= 0.6 is 0 Å². The Kier molecular flexibility index (Phi) is 5.86. The lowest BCUT2D eigenvalue weighted by molar-refractivity contribution is -0.116. The minimum Gasteiger partial charge on any atom is -0.494 e. The maximum Gasteiger partial charge on any atom is 0.244 e. The van der Waals surface area contributed by atoms with Crippen LogP contribution in [0.15, 0.2) is 48.5 Å². The van der Waals surface area contributed by atoms with Crippen molar-refractivity contribution in [2.24, 2.45) is 0 Å². The third-order valence-electron chi connectivity index (χ3n) is 4.04. The number of aliphatic hydroxyl groups is 1. The number of anilines is 1. The molecule has 0 aliphatic rings. The number of para-hydroxylation sites is 2. The molecule has 2 N–H and O–H groups in total. The molecule has 1 heterocycles. The monoisotopic (exact) mass is 353 g/mol. The van der Waals surface area contributed by atoms with Gasteiger partial charge in [0.05, 0.1) is 17.6 Å². The molecule has 0 atom stereocenters. The maximum absolute atomic E-state index is 12.5. The summed E-state index contributed by atoms with van der Waals surface area (Å²) in [4.78, 5) is 17.1. The van der Waals surface area contributed by atoms with Gasteiger partial charge in [0.2, 0.25) is 5.91 Å². The van der Waals surface area contributed by atoms with Crippen molar-refractivity contribution in [3.05, 3.63) is 54.4 Å². The largest absolute Gasteiger partial charge is 0.494 e. The fourth-order valence-corrected chi connectivity index (χ4v) is 2.88. The predicted molar refractivity (Wildman–Crippen MR) is 101 cm³/mol. The molecule has 0 aliphatic heterocycles. The van der Waals surface area contributed by atoms with E-state index in [-0.39, 0.29) is 19.1 Å². The molecule has 3 aromatic rings. The number of carbonyl (C=O) groups is 1. The van der Waals surface area contributed by atoms with E-state index in [1.807, 2.05) is 60.0 Å². The Balaban J connectivity index is 1.75. The molecule has 0 saturated carbocycles. The highest BCUT2D eigenvalue weighted by atomic mass is 16.5. The van der Waals surface area contributed by atoms with Gasteiger partial charge in [0.25, 0.3) is 0 Å². The second-order valence-corrected chi connectivity index (χ2v) is 5.94. The average Bonchev–Trinajstić information content (AvgIpc) is 2.99. The minimum absolute atomic E-state index is 0.0988. The third kappa shape index (κ3) is 4.21. The summed E-state index contributed by atoms with van der Waals surface area (Å²) in [5.74, 6) is 1.46. The van der Waals surface area contributed by atoms with E-state index in [1.165, 1.54) is 0 Å². The van der Waals surface area contributed by atoms with E-state index in [0.29, 0.717) is 19.4 Å². The maximum atomic E-state index is 12.5. The first-order valence-corrected chi connectivity index (χ1v) is 8.79. The Labute approximate surface area is 152 Å². The summed E-state index contributed by atoms with van der Waals surface area (Å²) >= 11 is 0. The molecular weight excluding hydrogens is 330 g/mol. The van der Waals surface area contributed by atoms with Crippen molar-refractivity contribution in [2.45, 2.75) is 26.3 Å². The fourth-order valence-electron chi connectivity index (χ4n) is 2.88. The second kappa shape index (κ2) is 8.49. The van der Waals surface area contributed by atoms with Crippen LogP contribution in [0.5, 0.6) is 5.75 Å². The van der Waals surface area contributed by atoms with Gasteiger partial charge in [-0.15, -0.1) is 0 Å². The zero-order chi connectivity index (χ0) is 18.4. The van der Waals surface area contributed by atoms with Crippen LogP contribution in [-0.4, -0.2) is 33.8 Å². The van der Waals surface area contributed by atoms with E-state index in [4.69, 9.17) is 9.84 Å². The average molecular weight is 353 g/mol. The predicted octanol–water partition coefficient (Wildman–Crippen LogP) is 3.00. The molecule has 3 rings (SSSR count). The molecule has 0 aliphatic carbocycles. The first-order chi connectivity index (χ1) is 12.7. The highest BCUT2D eigenvalue weighted by molar-refractivity contribution is 5.91. The van der Waals surface area contributed by atoms with Gasteiger partial charge < -0.3 is 19.7 Å². The van der Waals surface area contributed by atoms with Gasteiger partial charge >= 0.3 is 0 Å². The van der Waals surface area contributed by atoms with Crippen molar-refractivity contribution in [3.8, 4) is 5.75 Å². The first kappa shape index (κ1) is 17.9. The van der Waals surface area contributed by atoms with Crippen LogP contribution in [0.4, 0.5) is 5.69 Å². The van der Waals surface area contributed by atoms with Gasteiger partial charge in [-0.25, -0.2) is 4.98 Å². The van der Waals surface area contributed by atoms with Crippen LogP contribution in [0.25, 0.3) is 11.0 Å². The SMILES string of the molecule is CCOc1ccc(NC(=O)Cn2c(CCCO)nc3ccccc32)cc1. The molecule has 0 radical (unpaired) electrons. The Morgan fingerprint density at radius 3 is 2.69 bits per heavy atom. The number of ether oxygens (including phenoxy) is 1. The standard InChI is InChI=1S/C20H23N3O3/c1-2-26-16-11-9-15(10-12-16)21-20(25)14-23-18-7-4-3-6-17(18)22-19(23)8-5-13-24/h3-4,6-7,9-12,24H,2,5,8,13-14H2,1H3,(H,21,25). The summed E-state index contributed by atoms with van der Waals surface area (Å²) < 4.78 is 7.32. The summed E-state index contributed by atoms with van der Waals surface area (Å²) in [6.07, 6.45) is 1.24. The van der Waals surface area contributed by atoms with E-state index in [9.17, 15) is 4.79 Å². The molecule has 6 nitrogen and oxygen atoms in total. The van der Waals surface area contributed by atoms with Crippen molar-refractivity contribution < 1.29 is 14.6 Å². The van der Waals surface area contributed by atoms with Crippen molar-refractivity contribution in [1.29, 1.82) is 0 Å². The molecule has 0 bridgehead atoms. The van der Waals surface area contributed by atoms with Crippen LogP contribution in [0.2, 0.25) is 0 Å². The smallest absolute Gasteiger partial charge is 0.244 e. The summed E-state index contributed by atoms with van der Waals surface area (Å²) in [6.45, 7) is 2.81. The van der Waals surface area contributed by atoms with E-state index < -0.39 is 0 Å². The fraction of sp³-hybridized carbons (Fsp3) is 0.300. The number of benzene rings is 2. The first-order valence-electron chi connectivity index (χ1n) is 8.79. The number of nitrogens with zero attached hydrogens (tertiary/aromatic N) is 2. The molecule has 136 valence electrons.